The average molecular weight is 252 g/mol. The fraction of sp³-hybridized carbons (Fsp3) is 0.385. The number of carbonyl (C=O) groups excluding carboxylic acids is 2. The Hall–Kier alpha value is -1.29. The van der Waals surface area contributed by atoms with Gasteiger partial charge in [0.1, 0.15) is 6.42 Å². The van der Waals surface area contributed by atoms with Gasteiger partial charge in [-0.3, -0.25) is 9.59 Å². The summed E-state index contributed by atoms with van der Waals surface area (Å²) in [6, 6.07) is 7.94. The maximum absolute atomic E-state index is 11.4. The van der Waals surface area contributed by atoms with Crippen LogP contribution >= 0.6 is 11.8 Å². The molecule has 0 unspecified atom stereocenters. The summed E-state index contributed by atoms with van der Waals surface area (Å²) >= 11 is 1.44. The van der Waals surface area contributed by atoms with E-state index >= 15 is 0 Å². The summed E-state index contributed by atoms with van der Waals surface area (Å²) in [5.74, 6) is -0.238. The van der Waals surface area contributed by atoms with Crippen LogP contribution < -0.4 is 0 Å². The SMILES string of the molecule is CCOC(=O)CC(=O)CSc1ccc(C)cc1. The van der Waals surface area contributed by atoms with Crippen molar-refractivity contribution in [2.24, 2.45) is 0 Å². The predicted octanol–water partition coefficient (Wildman–Crippen LogP) is 2.61. The highest BCUT2D eigenvalue weighted by Crippen LogP contribution is 2.18. The maximum atomic E-state index is 11.4. The molecule has 92 valence electrons. The molecule has 0 N–H and O–H groups in total. The summed E-state index contributed by atoms with van der Waals surface area (Å²) in [6.45, 7) is 4.06. The van der Waals surface area contributed by atoms with Gasteiger partial charge < -0.3 is 4.74 Å². The lowest BCUT2D eigenvalue weighted by atomic mass is 10.2. The van der Waals surface area contributed by atoms with Crippen molar-refractivity contribution in [3.63, 3.8) is 0 Å². The van der Waals surface area contributed by atoms with Crippen LogP contribution in [0.15, 0.2) is 29.2 Å². The van der Waals surface area contributed by atoms with E-state index in [1.807, 2.05) is 31.2 Å². The number of hydrogen-bond donors (Lipinski definition) is 0. The Morgan fingerprint density at radius 2 is 1.88 bits per heavy atom. The van der Waals surface area contributed by atoms with E-state index in [4.69, 9.17) is 4.74 Å². The van der Waals surface area contributed by atoms with Crippen molar-refractivity contribution in [3.8, 4) is 0 Å². The molecule has 1 aromatic carbocycles. The van der Waals surface area contributed by atoms with Crippen molar-refractivity contribution in [2.45, 2.75) is 25.2 Å². The number of carbonyl (C=O) groups is 2. The Balaban J connectivity index is 2.33. The van der Waals surface area contributed by atoms with Gasteiger partial charge in [-0.2, -0.15) is 0 Å². The summed E-state index contributed by atoms with van der Waals surface area (Å²) in [5, 5.41) is 0. The Bertz CT molecular complexity index is 384. The molecule has 0 aromatic heterocycles. The third-order valence-electron chi connectivity index (χ3n) is 2.07. The molecule has 0 fully saturated rings. The summed E-state index contributed by atoms with van der Waals surface area (Å²) < 4.78 is 4.71. The highest BCUT2D eigenvalue weighted by Gasteiger charge is 2.10. The lowest BCUT2D eigenvalue weighted by Crippen LogP contribution is -2.12. The molecule has 0 aliphatic carbocycles. The number of ketones is 1. The number of hydrogen-bond acceptors (Lipinski definition) is 4. The van der Waals surface area contributed by atoms with Crippen LogP contribution in [0.3, 0.4) is 0 Å². The normalized spacial score (nSPS) is 10.0. The van der Waals surface area contributed by atoms with Gasteiger partial charge in [0.25, 0.3) is 0 Å². The quantitative estimate of drug-likeness (QED) is 0.443. The average Bonchev–Trinajstić information content (AvgIpc) is 2.28. The minimum atomic E-state index is -0.443. The topological polar surface area (TPSA) is 43.4 Å². The van der Waals surface area contributed by atoms with Crippen molar-refractivity contribution >= 4 is 23.5 Å². The first-order valence-corrected chi connectivity index (χ1v) is 6.47. The van der Waals surface area contributed by atoms with Crippen LogP contribution in [0.25, 0.3) is 0 Å². The van der Waals surface area contributed by atoms with Gasteiger partial charge in [-0.05, 0) is 26.0 Å². The number of benzene rings is 1. The van der Waals surface area contributed by atoms with Gasteiger partial charge in [-0.15, -0.1) is 11.8 Å². The summed E-state index contributed by atoms with van der Waals surface area (Å²) in [7, 11) is 0. The van der Waals surface area contributed by atoms with Gasteiger partial charge in [-0.1, -0.05) is 17.7 Å². The molecule has 0 amide bonds. The maximum Gasteiger partial charge on any atom is 0.313 e. The van der Waals surface area contributed by atoms with E-state index < -0.39 is 5.97 Å². The molecular formula is C13H16O3S. The lowest BCUT2D eigenvalue weighted by molar-refractivity contribution is -0.145. The monoisotopic (exact) mass is 252 g/mol. The second kappa shape index (κ2) is 7.12. The summed E-state index contributed by atoms with van der Waals surface area (Å²) in [6.07, 6.45) is -0.132. The number of aryl methyl sites for hydroxylation is 1. The molecule has 0 saturated heterocycles. The van der Waals surface area contributed by atoms with Crippen LogP contribution in [0, 0.1) is 6.92 Å². The zero-order chi connectivity index (χ0) is 12.7. The van der Waals surface area contributed by atoms with Gasteiger partial charge >= 0.3 is 5.97 Å². The molecule has 0 bridgehead atoms. The number of rotatable bonds is 6. The zero-order valence-electron chi connectivity index (χ0n) is 10.1. The first kappa shape index (κ1) is 13.8. The van der Waals surface area contributed by atoms with Crippen molar-refractivity contribution < 1.29 is 14.3 Å². The Morgan fingerprint density at radius 1 is 1.24 bits per heavy atom. The van der Waals surface area contributed by atoms with E-state index in [1.54, 1.807) is 6.92 Å². The molecule has 0 heterocycles. The minimum absolute atomic E-state index is 0.103. The van der Waals surface area contributed by atoms with E-state index in [0.29, 0.717) is 12.4 Å². The van der Waals surface area contributed by atoms with E-state index in [2.05, 4.69) is 0 Å². The van der Waals surface area contributed by atoms with Crippen molar-refractivity contribution in [2.75, 3.05) is 12.4 Å². The fourth-order valence-electron chi connectivity index (χ4n) is 1.22. The van der Waals surface area contributed by atoms with Crippen LogP contribution in [-0.2, 0) is 14.3 Å². The van der Waals surface area contributed by atoms with Crippen LogP contribution in [-0.4, -0.2) is 24.1 Å². The molecular weight excluding hydrogens is 236 g/mol. The lowest BCUT2D eigenvalue weighted by Gasteiger charge is -2.02. The number of esters is 1. The molecule has 1 aromatic rings. The van der Waals surface area contributed by atoms with E-state index in [1.165, 1.54) is 17.3 Å². The van der Waals surface area contributed by atoms with Crippen molar-refractivity contribution in [1.82, 2.24) is 0 Å². The molecule has 0 aliphatic heterocycles. The van der Waals surface area contributed by atoms with Gasteiger partial charge in [0.15, 0.2) is 5.78 Å². The minimum Gasteiger partial charge on any atom is -0.466 e. The van der Waals surface area contributed by atoms with Crippen LogP contribution in [0.4, 0.5) is 0 Å². The molecule has 4 heteroatoms. The fourth-order valence-corrected chi connectivity index (χ4v) is 1.98. The van der Waals surface area contributed by atoms with Crippen LogP contribution in [0.5, 0.6) is 0 Å². The molecule has 0 aliphatic rings. The summed E-state index contributed by atoms with van der Waals surface area (Å²) in [5.41, 5.74) is 1.19. The molecule has 0 radical (unpaired) electrons. The smallest absolute Gasteiger partial charge is 0.313 e. The molecule has 0 saturated carbocycles. The standard InChI is InChI=1S/C13H16O3S/c1-3-16-13(15)8-11(14)9-17-12-6-4-10(2)5-7-12/h4-7H,3,8-9H2,1-2H3. The summed E-state index contributed by atoms with van der Waals surface area (Å²) in [4.78, 5) is 23.5. The molecule has 3 nitrogen and oxygen atoms in total. The van der Waals surface area contributed by atoms with Crippen LogP contribution in [0.1, 0.15) is 18.9 Å². The number of Topliss-reactive ketones (excluding diaryl/α,β-unsaturated/α-hetero) is 1. The third kappa shape index (κ3) is 5.54. The second-order valence-electron chi connectivity index (χ2n) is 3.62. The van der Waals surface area contributed by atoms with Crippen molar-refractivity contribution in [3.05, 3.63) is 29.8 Å². The second-order valence-corrected chi connectivity index (χ2v) is 4.67. The number of thioether (sulfide) groups is 1. The molecule has 0 spiro atoms. The van der Waals surface area contributed by atoms with E-state index in [-0.39, 0.29) is 12.2 Å². The highest BCUT2D eigenvalue weighted by molar-refractivity contribution is 8.00. The van der Waals surface area contributed by atoms with Crippen LogP contribution in [0.2, 0.25) is 0 Å². The largest absolute Gasteiger partial charge is 0.466 e. The molecule has 0 atom stereocenters. The predicted molar refractivity (Wildman–Crippen MR) is 68.2 cm³/mol. The van der Waals surface area contributed by atoms with Gasteiger partial charge in [0.2, 0.25) is 0 Å². The number of ether oxygens (including phenoxy) is 1. The highest BCUT2D eigenvalue weighted by atomic mass is 32.2. The first-order valence-electron chi connectivity index (χ1n) is 5.48. The van der Waals surface area contributed by atoms with Crippen molar-refractivity contribution in [1.29, 1.82) is 0 Å². The van der Waals surface area contributed by atoms with Gasteiger partial charge in [0.05, 0.1) is 12.4 Å². The van der Waals surface area contributed by atoms with E-state index in [9.17, 15) is 9.59 Å². The van der Waals surface area contributed by atoms with Gasteiger partial charge in [0, 0.05) is 4.90 Å². The first-order chi connectivity index (χ1) is 8.11. The molecule has 1 rings (SSSR count). The van der Waals surface area contributed by atoms with E-state index in [0.717, 1.165) is 4.90 Å². The Kier molecular flexibility index (Phi) is 5.77. The zero-order valence-corrected chi connectivity index (χ0v) is 10.9. The molecule has 17 heavy (non-hydrogen) atoms. The Morgan fingerprint density at radius 3 is 2.47 bits per heavy atom. The Labute approximate surface area is 106 Å². The van der Waals surface area contributed by atoms with Gasteiger partial charge in [-0.25, -0.2) is 0 Å². The third-order valence-corrected chi connectivity index (χ3v) is 3.14.